The summed E-state index contributed by atoms with van der Waals surface area (Å²) in [6, 6.07) is 3.87. The molecule has 0 unspecified atom stereocenters. The molecule has 5 N–H and O–H groups in total. The van der Waals surface area contributed by atoms with Gasteiger partial charge in [-0.1, -0.05) is 21.6 Å². The lowest BCUT2D eigenvalue weighted by atomic mass is 10.0. The number of nitrogens with one attached hydrogen (secondary N) is 3. The summed E-state index contributed by atoms with van der Waals surface area (Å²) in [5.74, 6) is -1.74. The van der Waals surface area contributed by atoms with Gasteiger partial charge >= 0.3 is 11.8 Å². The molecule has 27 heavy (non-hydrogen) atoms. The van der Waals surface area contributed by atoms with Crippen LogP contribution in [0.25, 0.3) is 17.0 Å². The number of nitrogens with two attached hydrogens (primary N) is 1. The highest BCUT2D eigenvalue weighted by molar-refractivity contribution is 9.13. The molecule has 2 aromatic rings. The molecule has 2 heterocycles. The van der Waals surface area contributed by atoms with Gasteiger partial charge in [-0.25, -0.2) is 0 Å². The molecule has 142 valence electrons. The van der Waals surface area contributed by atoms with Crippen LogP contribution in [0.15, 0.2) is 33.5 Å². The first kappa shape index (κ1) is 20.3. The number of primary amides is 1. The maximum absolute atomic E-state index is 12.1. The molecule has 1 saturated heterocycles. The maximum atomic E-state index is 12.1. The van der Waals surface area contributed by atoms with E-state index in [0.29, 0.717) is 11.5 Å². The normalized spacial score (nSPS) is 15.9. The van der Waals surface area contributed by atoms with Crippen molar-refractivity contribution in [1.29, 1.82) is 0 Å². The highest BCUT2D eigenvalue weighted by Crippen LogP contribution is 2.37. The monoisotopic (exact) mass is 532 g/mol. The second-order valence-corrected chi connectivity index (χ2v) is 9.96. The standard InChI is InChI=1S/C16H14Br2N4O3S2/c17-10-3-9-8(5-21-12(9)4-11(10)18)1-2-20-13(23)14(24)22-16(15(19)25)6-26-27-7-16/h1-5,21H,6-7H2,(H2,19,25)(H,20,23)(H,22,24)/b2-1-. The molecule has 0 spiro atoms. The van der Waals surface area contributed by atoms with Gasteiger partial charge in [0.25, 0.3) is 0 Å². The number of halogens is 2. The SMILES string of the molecule is NC(=O)C1(NC(=O)C(=O)N/C=C\c2c[nH]c3cc(Br)c(Br)cc23)CSSC1. The third-order valence-electron chi connectivity index (χ3n) is 3.96. The minimum absolute atomic E-state index is 0.335. The lowest BCUT2D eigenvalue weighted by Crippen LogP contribution is -2.61. The van der Waals surface area contributed by atoms with Crippen molar-refractivity contribution in [2.45, 2.75) is 5.54 Å². The zero-order chi connectivity index (χ0) is 19.6. The van der Waals surface area contributed by atoms with E-state index >= 15 is 0 Å². The van der Waals surface area contributed by atoms with Gasteiger partial charge in [-0.05, 0) is 50.1 Å². The minimum Gasteiger partial charge on any atom is -0.368 e. The third-order valence-corrected chi connectivity index (χ3v) is 8.40. The van der Waals surface area contributed by atoms with Crippen molar-refractivity contribution in [2.24, 2.45) is 5.73 Å². The number of aromatic amines is 1. The number of aromatic nitrogens is 1. The van der Waals surface area contributed by atoms with Gasteiger partial charge in [0.2, 0.25) is 5.91 Å². The second kappa shape index (κ2) is 8.29. The van der Waals surface area contributed by atoms with Crippen molar-refractivity contribution in [3.05, 3.63) is 39.0 Å². The summed E-state index contributed by atoms with van der Waals surface area (Å²) < 4.78 is 1.82. The second-order valence-electron chi connectivity index (χ2n) is 5.79. The van der Waals surface area contributed by atoms with Gasteiger partial charge in [0.15, 0.2) is 0 Å². The number of rotatable bonds is 4. The molecule has 1 aromatic carbocycles. The fraction of sp³-hybridized carbons (Fsp3) is 0.188. The van der Waals surface area contributed by atoms with E-state index in [9.17, 15) is 14.4 Å². The smallest absolute Gasteiger partial charge is 0.313 e. The fourth-order valence-corrected chi connectivity index (χ4v) is 6.15. The lowest BCUT2D eigenvalue weighted by Gasteiger charge is -2.24. The highest BCUT2D eigenvalue weighted by atomic mass is 79.9. The highest BCUT2D eigenvalue weighted by Gasteiger charge is 2.43. The molecule has 1 fully saturated rings. The van der Waals surface area contributed by atoms with E-state index in [1.807, 2.05) is 12.1 Å². The van der Waals surface area contributed by atoms with Crippen LogP contribution in [-0.4, -0.2) is 39.8 Å². The van der Waals surface area contributed by atoms with Gasteiger partial charge in [0.05, 0.1) is 0 Å². The van der Waals surface area contributed by atoms with E-state index in [1.165, 1.54) is 27.8 Å². The number of amides is 3. The van der Waals surface area contributed by atoms with E-state index in [4.69, 9.17) is 5.73 Å². The Hall–Kier alpha value is -1.43. The topological polar surface area (TPSA) is 117 Å². The van der Waals surface area contributed by atoms with Gasteiger partial charge < -0.3 is 21.4 Å². The van der Waals surface area contributed by atoms with E-state index in [2.05, 4.69) is 47.5 Å². The molecule has 1 aromatic heterocycles. The molecule has 1 aliphatic heterocycles. The molecule has 0 radical (unpaired) electrons. The Kier molecular flexibility index (Phi) is 6.24. The van der Waals surface area contributed by atoms with Crippen molar-refractivity contribution >= 4 is 88.1 Å². The number of fused-ring (bicyclic) bond motifs is 1. The summed E-state index contributed by atoms with van der Waals surface area (Å²) in [4.78, 5) is 38.9. The van der Waals surface area contributed by atoms with Gasteiger partial charge in [-0.15, -0.1) is 0 Å². The van der Waals surface area contributed by atoms with Crippen LogP contribution in [0.4, 0.5) is 0 Å². The summed E-state index contributed by atoms with van der Waals surface area (Å²) >= 11 is 6.90. The Bertz CT molecular complexity index is 955. The molecule has 0 aliphatic carbocycles. The van der Waals surface area contributed by atoms with E-state index in [0.717, 1.165) is 25.4 Å². The third kappa shape index (κ3) is 4.36. The Morgan fingerprint density at radius 2 is 1.81 bits per heavy atom. The van der Waals surface area contributed by atoms with Crippen LogP contribution in [0, 0.1) is 0 Å². The van der Waals surface area contributed by atoms with Crippen LogP contribution in [0.1, 0.15) is 5.56 Å². The predicted molar refractivity (Wildman–Crippen MR) is 116 cm³/mol. The number of hydrogen-bond acceptors (Lipinski definition) is 5. The average molecular weight is 534 g/mol. The van der Waals surface area contributed by atoms with Crippen molar-refractivity contribution in [3.63, 3.8) is 0 Å². The summed E-state index contributed by atoms with van der Waals surface area (Å²) in [5, 5.41) is 5.82. The van der Waals surface area contributed by atoms with Crippen LogP contribution in [0.3, 0.4) is 0 Å². The van der Waals surface area contributed by atoms with Crippen molar-refractivity contribution < 1.29 is 14.4 Å². The molecular formula is C16H14Br2N4O3S2. The van der Waals surface area contributed by atoms with Crippen molar-refractivity contribution in [3.8, 4) is 0 Å². The van der Waals surface area contributed by atoms with E-state index < -0.39 is 23.3 Å². The first-order valence-electron chi connectivity index (χ1n) is 7.62. The summed E-state index contributed by atoms with van der Waals surface area (Å²) in [6.45, 7) is 0. The Balaban J connectivity index is 1.66. The number of H-pyrrole nitrogens is 1. The zero-order valence-corrected chi connectivity index (χ0v) is 18.5. The largest absolute Gasteiger partial charge is 0.368 e. The maximum Gasteiger partial charge on any atom is 0.313 e. The molecular weight excluding hydrogens is 520 g/mol. The molecule has 1 aliphatic rings. The number of hydrogen-bond donors (Lipinski definition) is 4. The van der Waals surface area contributed by atoms with Crippen molar-refractivity contribution in [2.75, 3.05) is 11.5 Å². The molecule has 0 bridgehead atoms. The van der Waals surface area contributed by atoms with Crippen molar-refractivity contribution in [1.82, 2.24) is 15.6 Å². The Morgan fingerprint density at radius 3 is 2.48 bits per heavy atom. The summed E-state index contributed by atoms with van der Waals surface area (Å²) in [5.41, 5.74) is 5.96. The quantitative estimate of drug-likeness (QED) is 0.356. The predicted octanol–water partition coefficient (Wildman–Crippen LogP) is 2.52. The first-order valence-corrected chi connectivity index (χ1v) is 11.7. The molecule has 7 nitrogen and oxygen atoms in total. The molecule has 0 atom stereocenters. The van der Waals surface area contributed by atoms with Crippen LogP contribution in [0.5, 0.6) is 0 Å². The molecule has 3 rings (SSSR count). The first-order chi connectivity index (χ1) is 12.8. The number of carbonyl (C=O) groups is 3. The zero-order valence-electron chi connectivity index (χ0n) is 13.7. The Morgan fingerprint density at radius 1 is 1.15 bits per heavy atom. The minimum atomic E-state index is -1.19. The summed E-state index contributed by atoms with van der Waals surface area (Å²) in [7, 11) is 2.85. The van der Waals surface area contributed by atoms with Crippen LogP contribution in [0.2, 0.25) is 0 Å². The molecule has 3 amide bonds. The number of carbonyl (C=O) groups excluding carboxylic acids is 3. The van der Waals surface area contributed by atoms with Gasteiger partial charge in [-0.2, -0.15) is 0 Å². The summed E-state index contributed by atoms with van der Waals surface area (Å²) in [6.07, 6.45) is 4.85. The van der Waals surface area contributed by atoms with Crippen LogP contribution < -0.4 is 16.4 Å². The van der Waals surface area contributed by atoms with E-state index in [1.54, 1.807) is 12.3 Å². The molecule has 11 heteroatoms. The lowest BCUT2D eigenvalue weighted by molar-refractivity contribution is -0.140. The van der Waals surface area contributed by atoms with Gasteiger partial charge in [-0.3, -0.25) is 14.4 Å². The fourth-order valence-electron chi connectivity index (χ4n) is 2.43. The Labute approximate surface area is 179 Å². The molecule has 0 saturated carbocycles. The van der Waals surface area contributed by atoms with Crippen LogP contribution in [-0.2, 0) is 14.4 Å². The average Bonchev–Trinajstić information content (AvgIpc) is 3.24. The van der Waals surface area contributed by atoms with Gasteiger partial charge in [0.1, 0.15) is 5.54 Å². The van der Waals surface area contributed by atoms with Gasteiger partial charge in [0, 0.05) is 49.3 Å². The van der Waals surface area contributed by atoms with Crippen LogP contribution >= 0.6 is 53.4 Å². The number of benzene rings is 1. The van der Waals surface area contributed by atoms with E-state index in [-0.39, 0.29) is 0 Å².